The number of hydrogen-bond donors (Lipinski definition) is 2. The topological polar surface area (TPSA) is 80.9 Å². The summed E-state index contributed by atoms with van der Waals surface area (Å²) in [5.74, 6) is 0.799. The summed E-state index contributed by atoms with van der Waals surface area (Å²) in [5, 5.41) is 21.7. The second-order valence-electron chi connectivity index (χ2n) is 10.7. The molecule has 0 aromatic heterocycles. The lowest BCUT2D eigenvalue weighted by molar-refractivity contribution is 0.150. The van der Waals surface area contributed by atoms with Crippen molar-refractivity contribution >= 4 is 23.8 Å². The number of phenolic OH excluding ortho intramolecular Hbond substituents is 2. The summed E-state index contributed by atoms with van der Waals surface area (Å²) in [5.41, 5.74) is 9.11. The Morgan fingerprint density at radius 2 is 1.11 bits per heavy atom. The van der Waals surface area contributed by atoms with E-state index < -0.39 is 0 Å². The van der Waals surface area contributed by atoms with E-state index in [2.05, 4.69) is 31.9 Å². The molecule has 2 N–H and O–H groups in total. The Bertz CT molecular complexity index is 1120. The van der Waals surface area contributed by atoms with Gasteiger partial charge in [-0.3, -0.25) is 9.98 Å². The van der Waals surface area contributed by atoms with Gasteiger partial charge in [0.15, 0.2) is 0 Å². The first-order valence-electron chi connectivity index (χ1n) is 14.0. The van der Waals surface area contributed by atoms with Gasteiger partial charge in [0.05, 0.1) is 26.3 Å². The molecule has 0 fully saturated rings. The molecule has 7 nitrogen and oxygen atoms in total. The van der Waals surface area contributed by atoms with Crippen molar-refractivity contribution in [2.45, 2.75) is 51.4 Å². The standard InChI is InChI=1S/C30H38N4O3/c35-29-23(17-21-5-1-11-33-13-3-7-25(29)27(21)33)19-31-9-15-37-16-10-32-20-24-18-22-6-2-12-34-14-4-8-26(28(22)34)30(24)36/h17-20,35-36H,1-16H2. The predicted molar refractivity (Wildman–Crippen MR) is 150 cm³/mol. The molecule has 37 heavy (non-hydrogen) atoms. The number of phenols is 2. The van der Waals surface area contributed by atoms with Gasteiger partial charge in [-0.05, 0) is 74.6 Å². The SMILES string of the molecule is Oc1c(C=NCCOCCN=Cc2cc3c4c(c2O)CCCN4CCC3)cc2c3c1CCCN3CCC2. The molecule has 0 saturated carbocycles. The summed E-state index contributed by atoms with van der Waals surface area (Å²) >= 11 is 0. The van der Waals surface area contributed by atoms with Crippen molar-refractivity contribution in [1.82, 2.24) is 0 Å². The van der Waals surface area contributed by atoms with E-state index in [9.17, 15) is 10.2 Å². The first kappa shape index (κ1) is 24.3. The normalized spacial score (nSPS) is 18.5. The second-order valence-corrected chi connectivity index (χ2v) is 10.7. The molecule has 4 aliphatic rings. The number of anilines is 2. The van der Waals surface area contributed by atoms with Crippen molar-refractivity contribution in [3.8, 4) is 11.5 Å². The van der Waals surface area contributed by atoms with Crippen molar-refractivity contribution in [3.05, 3.63) is 45.5 Å². The average Bonchev–Trinajstić information content (AvgIpc) is 2.93. The highest BCUT2D eigenvalue weighted by molar-refractivity contribution is 5.88. The maximum atomic E-state index is 10.8. The van der Waals surface area contributed by atoms with Gasteiger partial charge in [0.25, 0.3) is 0 Å². The molecular weight excluding hydrogens is 464 g/mol. The van der Waals surface area contributed by atoms with Gasteiger partial charge in [0.2, 0.25) is 0 Å². The number of aryl methyl sites for hydroxylation is 2. The first-order chi connectivity index (χ1) is 18.2. The summed E-state index contributed by atoms with van der Waals surface area (Å²) in [6.07, 6.45) is 12.2. The Morgan fingerprint density at radius 1 is 0.676 bits per heavy atom. The number of nitrogens with zero attached hydrogens (tertiary/aromatic N) is 4. The highest BCUT2D eigenvalue weighted by Gasteiger charge is 2.28. The molecule has 0 saturated heterocycles. The molecule has 4 aliphatic heterocycles. The molecule has 196 valence electrons. The second kappa shape index (κ2) is 10.7. The molecule has 0 aliphatic carbocycles. The third kappa shape index (κ3) is 4.81. The van der Waals surface area contributed by atoms with Crippen LogP contribution in [0.3, 0.4) is 0 Å². The average molecular weight is 503 g/mol. The van der Waals surface area contributed by atoms with E-state index in [1.165, 1.54) is 35.3 Å². The van der Waals surface area contributed by atoms with Crippen LogP contribution in [0.1, 0.15) is 59.1 Å². The van der Waals surface area contributed by atoms with E-state index in [0.717, 1.165) is 87.0 Å². The van der Waals surface area contributed by atoms with Crippen molar-refractivity contribution < 1.29 is 14.9 Å². The van der Waals surface area contributed by atoms with Gasteiger partial charge in [-0.25, -0.2) is 0 Å². The summed E-state index contributed by atoms with van der Waals surface area (Å²) in [6.45, 7) is 6.53. The lowest BCUT2D eigenvalue weighted by Crippen LogP contribution is -2.34. The Hall–Kier alpha value is -3.06. The maximum Gasteiger partial charge on any atom is 0.129 e. The minimum absolute atomic E-state index is 0.400. The van der Waals surface area contributed by atoms with Crippen molar-refractivity contribution in [2.75, 3.05) is 62.3 Å². The van der Waals surface area contributed by atoms with Crippen LogP contribution in [0.5, 0.6) is 11.5 Å². The lowest BCUT2D eigenvalue weighted by Gasteiger charge is -2.37. The Kier molecular flexibility index (Phi) is 7.05. The number of aromatic hydroxyl groups is 2. The van der Waals surface area contributed by atoms with Crippen LogP contribution >= 0.6 is 0 Å². The van der Waals surface area contributed by atoms with Crippen LogP contribution in [-0.2, 0) is 30.4 Å². The van der Waals surface area contributed by atoms with Gasteiger partial charge in [-0.15, -0.1) is 0 Å². The van der Waals surface area contributed by atoms with E-state index in [-0.39, 0.29) is 0 Å². The smallest absolute Gasteiger partial charge is 0.129 e. The molecule has 0 spiro atoms. The number of aliphatic imine (C=N–C) groups is 2. The number of benzene rings is 2. The number of hydrogen-bond acceptors (Lipinski definition) is 7. The highest BCUT2D eigenvalue weighted by Crippen LogP contribution is 2.42. The minimum Gasteiger partial charge on any atom is -0.507 e. The van der Waals surface area contributed by atoms with Gasteiger partial charge >= 0.3 is 0 Å². The lowest BCUT2D eigenvalue weighted by atomic mass is 9.89. The van der Waals surface area contributed by atoms with Gasteiger partial charge in [0.1, 0.15) is 11.5 Å². The molecule has 2 aromatic carbocycles. The molecular formula is C30H38N4O3. The Morgan fingerprint density at radius 3 is 1.57 bits per heavy atom. The summed E-state index contributed by atoms with van der Waals surface area (Å²) in [6, 6.07) is 4.24. The third-order valence-corrected chi connectivity index (χ3v) is 8.24. The van der Waals surface area contributed by atoms with Crippen molar-refractivity contribution in [3.63, 3.8) is 0 Å². The maximum absolute atomic E-state index is 10.8. The van der Waals surface area contributed by atoms with Gasteiger partial charge in [-0.1, -0.05) is 0 Å². The van der Waals surface area contributed by atoms with Gasteiger partial charge in [-0.2, -0.15) is 0 Å². The number of ether oxygens (including phenoxy) is 1. The quantitative estimate of drug-likeness (QED) is 0.421. The summed E-state index contributed by atoms with van der Waals surface area (Å²) < 4.78 is 5.72. The molecule has 0 amide bonds. The molecule has 6 rings (SSSR count). The first-order valence-corrected chi connectivity index (χ1v) is 14.0. The fourth-order valence-corrected chi connectivity index (χ4v) is 6.60. The number of rotatable bonds is 8. The molecule has 0 atom stereocenters. The zero-order chi connectivity index (χ0) is 25.2. The van der Waals surface area contributed by atoms with Crippen LogP contribution in [0.4, 0.5) is 11.4 Å². The van der Waals surface area contributed by atoms with E-state index in [1.807, 2.05) is 0 Å². The Labute approximate surface area is 219 Å². The third-order valence-electron chi connectivity index (χ3n) is 8.24. The highest BCUT2D eigenvalue weighted by atomic mass is 16.5. The van der Waals surface area contributed by atoms with Crippen LogP contribution in [0.2, 0.25) is 0 Å². The van der Waals surface area contributed by atoms with Crippen LogP contribution in [0, 0.1) is 0 Å². The van der Waals surface area contributed by atoms with Crippen molar-refractivity contribution in [2.24, 2.45) is 9.98 Å². The van der Waals surface area contributed by atoms with E-state index >= 15 is 0 Å². The minimum atomic E-state index is 0.400. The van der Waals surface area contributed by atoms with E-state index in [1.54, 1.807) is 12.4 Å². The van der Waals surface area contributed by atoms with Gasteiger partial charge < -0.3 is 24.7 Å². The van der Waals surface area contributed by atoms with Crippen LogP contribution in [0.15, 0.2) is 22.1 Å². The molecule has 0 radical (unpaired) electrons. The molecule has 7 heteroatoms. The zero-order valence-electron chi connectivity index (χ0n) is 21.7. The van der Waals surface area contributed by atoms with Crippen LogP contribution < -0.4 is 9.80 Å². The fourth-order valence-electron chi connectivity index (χ4n) is 6.60. The van der Waals surface area contributed by atoms with Gasteiger partial charge in [0, 0.05) is 72.2 Å². The fraction of sp³-hybridized carbons (Fsp3) is 0.533. The molecule has 0 bridgehead atoms. The molecule has 2 aromatic rings. The zero-order valence-corrected chi connectivity index (χ0v) is 21.7. The summed E-state index contributed by atoms with van der Waals surface area (Å²) in [4.78, 5) is 13.9. The summed E-state index contributed by atoms with van der Waals surface area (Å²) in [7, 11) is 0. The van der Waals surface area contributed by atoms with E-state index in [4.69, 9.17) is 4.74 Å². The predicted octanol–water partition coefficient (Wildman–Crippen LogP) is 4.05. The molecule has 4 heterocycles. The van der Waals surface area contributed by atoms with Crippen LogP contribution in [0.25, 0.3) is 0 Å². The largest absolute Gasteiger partial charge is 0.507 e. The van der Waals surface area contributed by atoms with E-state index in [0.29, 0.717) is 37.8 Å². The van der Waals surface area contributed by atoms with Crippen LogP contribution in [-0.4, -0.2) is 75.1 Å². The van der Waals surface area contributed by atoms with Crippen molar-refractivity contribution in [1.29, 1.82) is 0 Å². The molecule has 0 unspecified atom stereocenters. The Balaban J connectivity index is 0.991. The monoisotopic (exact) mass is 502 g/mol.